The van der Waals surface area contributed by atoms with E-state index in [1.165, 1.54) is 6.33 Å². The van der Waals surface area contributed by atoms with Crippen molar-refractivity contribution in [3.8, 4) is 11.3 Å². The molecule has 1 amide bonds. The van der Waals surface area contributed by atoms with Crippen LogP contribution in [0.1, 0.15) is 10.4 Å². The second-order valence-electron chi connectivity index (χ2n) is 6.04. The number of fused-ring (bicyclic) bond motifs is 1. The predicted molar refractivity (Wildman–Crippen MR) is 107 cm³/mol. The maximum absolute atomic E-state index is 12.4. The molecule has 8 heteroatoms. The summed E-state index contributed by atoms with van der Waals surface area (Å²) in [6.07, 6.45) is 6.37. The van der Waals surface area contributed by atoms with Gasteiger partial charge in [-0.05, 0) is 41.8 Å². The average molecular weight is 372 g/mol. The summed E-state index contributed by atoms with van der Waals surface area (Å²) in [5.74, 6) is 0.239. The van der Waals surface area contributed by atoms with E-state index in [0.29, 0.717) is 28.1 Å². The van der Waals surface area contributed by atoms with E-state index in [4.69, 9.17) is 0 Å². The van der Waals surface area contributed by atoms with Crippen molar-refractivity contribution in [3.05, 3.63) is 77.2 Å². The second-order valence-corrected chi connectivity index (χ2v) is 6.04. The molecule has 0 aliphatic heterocycles. The summed E-state index contributed by atoms with van der Waals surface area (Å²) >= 11 is 0. The van der Waals surface area contributed by atoms with Crippen LogP contribution in [0.5, 0.6) is 0 Å². The summed E-state index contributed by atoms with van der Waals surface area (Å²) in [4.78, 5) is 39.5. The van der Waals surface area contributed by atoms with Crippen LogP contribution in [0.4, 0.5) is 11.5 Å². The topological polar surface area (TPSA) is 113 Å². The number of hydrogen-bond acceptors (Lipinski definition) is 6. The standard InChI is InChI=1S/C20H16N6O2/c1-21-19(27)12-2-4-15(5-3-12)25-18-17-13(6-7-24-20(17)28)8-16(26-18)14-9-22-11-23-10-14/h2-11H,1H3,(H,21,27)(H,24,28)(H,25,26). The lowest BCUT2D eigenvalue weighted by atomic mass is 10.1. The van der Waals surface area contributed by atoms with Crippen molar-refractivity contribution >= 4 is 28.2 Å². The number of pyridine rings is 2. The highest BCUT2D eigenvalue weighted by atomic mass is 16.1. The molecule has 3 heterocycles. The molecule has 0 aliphatic carbocycles. The number of anilines is 2. The highest BCUT2D eigenvalue weighted by Gasteiger charge is 2.12. The Morgan fingerprint density at radius 3 is 2.54 bits per heavy atom. The molecule has 28 heavy (non-hydrogen) atoms. The zero-order valence-corrected chi connectivity index (χ0v) is 14.9. The van der Waals surface area contributed by atoms with Crippen LogP contribution < -0.4 is 16.2 Å². The molecule has 0 radical (unpaired) electrons. The van der Waals surface area contributed by atoms with Crippen molar-refractivity contribution in [2.24, 2.45) is 0 Å². The minimum absolute atomic E-state index is 0.169. The van der Waals surface area contributed by atoms with Crippen LogP contribution in [0.3, 0.4) is 0 Å². The first-order valence-electron chi connectivity index (χ1n) is 8.53. The number of aromatic amines is 1. The maximum Gasteiger partial charge on any atom is 0.259 e. The van der Waals surface area contributed by atoms with E-state index in [1.807, 2.05) is 12.1 Å². The number of H-pyrrole nitrogens is 1. The van der Waals surface area contributed by atoms with Crippen LogP contribution in [0.25, 0.3) is 22.0 Å². The molecular weight excluding hydrogens is 356 g/mol. The fraction of sp³-hybridized carbons (Fsp3) is 0.0500. The molecule has 0 unspecified atom stereocenters. The Morgan fingerprint density at radius 1 is 1.07 bits per heavy atom. The highest BCUT2D eigenvalue weighted by molar-refractivity contribution is 5.96. The third kappa shape index (κ3) is 3.30. The zero-order valence-electron chi connectivity index (χ0n) is 14.9. The van der Waals surface area contributed by atoms with E-state index >= 15 is 0 Å². The number of carbonyl (C=O) groups excluding carboxylic acids is 1. The van der Waals surface area contributed by atoms with Crippen LogP contribution in [0, 0.1) is 0 Å². The first kappa shape index (κ1) is 17.3. The first-order chi connectivity index (χ1) is 13.7. The maximum atomic E-state index is 12.4. The smallest absolute Gasteiger partial charge is 0.259 e. The van der Waals surface area contributed by atoms with Crippen LogP contribution in [-0.2, 0) is 0 Å². The molecular formula is C20H16N6O2. The van der Waals surface area contributed by atoms with Gasteiger partial charge in [-0.1, -0.05) is 0 Å². The zero-order chi connectivity index (χ0) is 19.5. The highest BCUT2D eigenvalue weighted by Crippen LogP contribution is 2.27. The summed E-state index contributed by atoms with van der Waals surface area (Å²) in [6.45, 7) is 0. The molecule has 0 atom stereocenters. The summed E-state index contributed by atoms with van der Waals surface area (Å²) in [5.41, 5.74) is 2.38. The first-order valence-corrected chi connectivity index (χ1v) is 8.53. The number of aromatic nitrogens is 4. The average Bonchev–Trinajstić information content (AvgIpc) is 2.74. The van der Waals surface area contributed by atoms with Crippen molar-refractivity contribution in [1.82, 2.24) is 25.3 Å². The molecule has 0 saturated carbocycles. The van der Waals surface area contributed by atoms with Gasteiger partial charge < -0.3 is 15.6 Å². The van der Waals surface area contributed by atoms with Gasteiger partial charge in [0, 0.05) is 42.5 Å². The summed E-state index contributed by atoms with van der Waals surface area (Å²) in [6, 6.07) is 10.5. The van der Waals surface area contributed by atoms with Crippen molar-refractivity contribution < 1.29 is 4.79 Å². The summed E-state index contributed by atoms with van der Waals surface area (Å²) in [7, 11) is 1.58. The van der Waals surface area contributed by atoms with Gasteiger partial charge in [-0.25, -0.2) is 15.0 Å². The lowest BCUT2D eigenvalue weighted by Crippen LogP contribution is -2.17. The third-order valence-corrected chi connectivity index (χ3v) is 4.25. The number of rotatable bonds is 4. The van der Waals surface area contributed by atoms with Gasteiger partial charge in [-0.2, -0.15) is 0 Å². The van der Waals surface area contributed by atoms with E-state index in [9.17, 15) is 9.59 Å². The predicted octanol–water partition coefficient (Wildman–Crippen LogP) is 2.48. The van der Waals surface area contributed by atoms with Crippen molar-refractivity contribution in [2.45, 2.75) is 0 Å². The van der Waals surface area contributed by atoms with E-state index in [2.05, 4.69) is 30.6 Å². The normalized spacial score (nSPS) is 10.6. The molecule has 3 N–H and O–H groups in total. The number of carbonyl (C=O) groups is 1. The van der Waals surface area contributed by atoms with Crippen LogP contribution in [-0.4, -0.2) is 32.9 Å². The second kappa shape index (κ2) is 7.28. The Hall–Kier alpha value is -4.07. The van der Waals surface area contributed by atoms with Crippen molar-refractivity contribution in [3.63, 3.8) is 0 Å². The lowest BCUT2D eigenvalue weighted by Gasteiger charge is -2.11. The minimum Gasteiger partial charge on any atom is -0.355 e. The fourth-order valence-electron chi connectivity index (χ4n) is 2.87. The lowest BCUT2D eigenvalue weighted by molar-refractivity contribution is 0.0963. The SMILES string of the molecule is CNC(=O)c1ccc(Nc2nc(-c3cncnc3)cc3cc[nH]c(=O)c23)cc1. The van der Waals surface area contributed by atoms with Crippen LogP contribution >= 0.6 is 0 Å². The summed E-state index contributed by atoms with van der Waals surface area (Å²) < 4.78 is 0. The molecule has 4 aromatic rings. The Labute approximate surface area is 159 Å². The van der Waals surface area contributed by atoms with Crippen LogP contribution in [0.15, 0.2) is 66.1 Å². The number of amides is 1. The van der Waals surface area contributed by atoms with E-state index in [1.54, 1.807) is 49.9 Å². The molecule has 8 nitrogen and oxygen atoms in total. The van der Waals surface area contributed by atoms with Gasteiger partial charge in [-0.15, -0.1) is 0 Å². The Balaban J connectivity index is 1.81. The molecule has 0 bridgehead atoms. The molecule has 0 fully saturated rings. The summed E-state index contributed by atoms with van der Waals surface area (Å²) in [5, 5.41) is 6.94. The van der Waals surface area contributed by atoms with Gasteiger partial charge >= 0.3 is 0 Å². The number of nitrogens with zero attached hydrogens (tertiary/aromatic N) is 3. The Kier molecular flexibility index (Phi) is 4.51. The van der Waals surface area contributed by atoms with Gasteiger partial charge in [0.05, 0.1) is 11.1 Å². The van der Waals surface area contributed by atoms with E-state index in [0.717, 1.165) is 10.9 Å². The van der Waals surface area contributed by atoms with Crippen molar-refractivity contribution in [2.75, 3.05) is 12.4 Å². The third-order valence-electron chi connectivity index (χ3n) is 4.25. The quantitative estimate of drug-likeness (QED) is 0.507. The molecule has 4 rings (SSSR count). The van der Waals surface area contributed by atoms with Gasteiger partial charge in [-0.3, -0.25) is 9.59 Å². The van der Waals surface area contributed by atoms with E-state index < -0.39 is 0 Å². The largest absolute Gasteiger partial charge is 0.355 e. The Morgan fingerprint density at radius 2 is 1.82 bits per heavy atom. The number of benzene rings is 1. The molecule has 0 aliphatic rings. The molecule has 1 aromatic carbocycles. The fourth-order valence-corrected chi connectivity index (χ4v) is 2.87. The molecule has 3 aromatic heterocycles. The number of nitrogens with one attached hydrogen (secondary N) is 3. The Bertz CT molecular complexity index is 1200. The van der Waals surface area contributed by atoms with Gasteiger partial charge in [0.25, 0.3) is 11.5 Å². The van der Waals surface area contributed by atoms with Gasteiger partial charge in [0.1, 0.15) is 12.1 Å². The molecule has 0 spiro atoms. The van der Waals surface area contributed by atoms with E-state index in [-0.39, 0.29) is 11.5 Å². The van der Waals surface area contributed by atoms with Gasteiger partial charge in [0.15, 0.2) is 0 Å². The minimum atomic E-state index is -0.245. The van der Waals surface area contributed by atoms with Crippen LogP contribution in [0.2, 0.25) is 0 Å². The van der Waals surface area contributed by atoms with Gasteiger partial charge in [0.2, 0.25) is 0 Å². The van der Waals surface area contributed by atoms with Crippen molar-refractivity contribution in [1.29, 1.82) is 0 Å². The molecule has 138 valence electrons. The molecule has 0 saturated heterocycles. The number of hydrogen-bond donors (Lipinski definition) is 3. The monoisotopic (exact) mass is 372 g/mol.